The molecule has 0 bridgehead atoms. The van der Waals surface area contributed by atoms with E-state index < -0.39 is 0 Å². The summed E-state index contributed by atoms with van der Waals surface area (Å²) in [6, 6.07) is 15.5. The van der Waals surface area contributed by atoms with Gasteiger partial charge in [0.2, 0.25) is 6.33 Å². The molecule has 0 amide bonds. The van der Waals surface area contributed by atoms with Crippen LogP contribution in [0, 0.1) is 0 Å². The first-order chi connectivity index (χ1) is 12.3. The van der Waals surface area contributed by atoms with E-state index in [1.807, 2.05) is 12.1 Å². The van der Waals surface area contributed by atoms with Gasteiger partial charge in [0.05, 0.1) is 7.11 Å². The zero-order valence-electron chi connectivity index (χ0n) is 14.8. The first kappa shape index (κ1) is 16.0. The van der Waals surface area contributed by atoms with E-state index in [-0.39, 0.29) is 0 Å². The van der Waals surface area contributed by atoms with Gasteiger partial charge in [-0.05, 0) is 55.5 Å². The number of hydrogen-bond donors (Lipinski definition) is 2. The summed E-state index contributed by atoms with van der Waals surface area (Å²) >= 11 is 0. The number of imidazole rings is 1. The summed E-state index contributed by atoms with van der Waals surface area (Å²) in [6.07, 6.45) is 8.84. The van der Waals surface area contributed by atoms with Crippen LogP contribution in [0.5, 0.6) is 5.75 Å². The number of hydrogen-bond acceptors (Lipinski definition) is 2. The third kappa shape index (κ3) is 3.48. The molecule has 3 aromatic rings. The molecule has 0 spiro atoms. The Bertz CT molecular complexity index is 832. The summed E-state index contributed by atoms with van der Waals surface area (Å²) in [5, 5.41) is 3.51. The van der Waals surface area contributed by atoms with E-state index in [1.54, 1.807) is 7.11 Å². The standard InChI is InChI=1S/C21H25N3O/c1-25-19-10-7-16(8-11-19)14-22-17-9-12-21-20(13-17)23-15-24(21)18-5-3-2-4-6-18/h7-13,15,18,22H,2-6,14H2,1H3/p+1. The molecule has 1 heterocycles. The van der Waals surface area contributed by atoms with Gasteiger partial charge in [0.15, 0.2) is 11.0 Å². The summed E-state index contributed by atoms with van der Waals surface area (Å²) in [7, 11) is 1.69. The number of nitrogens with one attached hydrogen (secondary N) is 2. The van der Waals surface area contributed by atoms with Crippen LogP contribution in [0.3, 0.4) is 0 Å². The zero-order chi connectivity index (χ0) is 17.1. The molecule has 0 radical (unpaired) electrons. The normalized spacial score (nSPS) is 15.4. The minimum Gasteiger partial charge on any atom is -0.497 e. The second kappa shape index (κ2) is 7.18. The van der Waals surface area contributed by atoms with Gasteiger partial charge < -0.3 is 10.1 Å². The fourth-order valence-electron chi connectivity index (χ4n) is 3.80. The van der Waals surface area contributed by atoms with Crippen LogP contribution in [0.1, 0.15) is 43.7 Å². The number of methoxy groups -OCH3 is 1. The molecule has 1 saturated carbocycles. The van der Waals surface area contributed by atoms with Crippen LogP contribution in [0.2, 0.25) is 0 Å². The van der Waals surface area contributed by atoms with Crippen molar-refractivity contribution >= 4 is 16.7 Å². The van der Waals surface area contributed by atoms with Gasteiger partial charge in [-0.25, -0.2) is 9.55 Å². The Morgan fingerprint density at radius 3 is 2.64 bits per heavy atom. The van der Waals surface area contributed by atoms with Crippen molar-refractivity contribution in [1.82, 2.24) is 4.98 Å². The number of benzene rings is 2. The molecule has 130 valence electrons. The molecule has 25 heavy (non-hydrogen) atoms. The highest BCUT2D eigenvalue weighted by molar-refractivity contribution is 5.76. The molecule has 0 unspecified atom stereocenters. The lowest BCUT2D eigenvalue weighted by atomic mass is 9.95. The summed E-state index contributed by atoms with van der Waals surface area (Å²) in [5.41, 5.74) is 4.89. The maximum absolute atomic E-state index is 5.21. The van der Waals surface area contributed by atoms with Gasteiger partial charge in [0, 0.05) is 18.3 Å². The van der Waals surface area contributed by atoms with Gasteiger partial charge >= 0.3 is 0 Å². The maximum Gasteiger partial charge on any atom is 0.242 e. The molecule has 4 nitrogen and oxygen atoms in total. The van der Waals surface area contributed by atoms with E-state index in [0.717, 1.165) is 18.0 Å². The van der Waals surface area contributed by atoms with Crippen molar-refractivity contribution in [3.8, 4) is 5.75 Å². The Kier molecular flexibility index (Phi) is 4.59. The zero-order valence-corrected chi connectivity index (χ0v) is 14.8. The summed E-state index contributed by atoms with van der Waals surface area (Å²) in [4.78, 5) is 3.45. The number of nitrogens with zero attached hydrogens (tertiary/aromatic N) is 1. The summed E-state index contributed by atoms with van der Waals surface area (Å²) in [5.74, 6) is 0.892. The van der Waals surface area contributed by atoms with Gasteiger partial charge in [-0.2, -0.15) is 0 Å². The van der Waals surface area contributed by atoms with Gasteiger partial charge in [-0.1, -0.05) is 18.6 Å². The monoisotopic (exact) mass is 336 g/mol. The molecule has 4 rings (SSSR count). The van der Waals surface area contributed by atoms with Crippen LogP contribution in [-0.4, -0.2) is 12.1 Å². The number of aromatic amines is 1. The predicted molar refractivity (Wildman–Crippen MR) is 101 cm³/mol. The lowest BCUT2D eigenvalue weighted by molar-refractivity contribution is -0.701. The molecule has 0 atom stereocenters. The number of ether oxygens (including phenoxy) is 1. The molecule has 1 aromatic heterocycles. The van der Waals surface area contributed by atoms with E-state index >= 15 is 0 Å². The molecule has 2 N–H and O–H groups in total. The largest absolute Gasteiger partial charge is 0.497 e. The average Bonchev–Trinajstić information content (AvgIpc) is 3.10. The second-order valence-electron chi connectivity index (χ2n) is 6.91. The Morgan fingerprint density at radius 2 is 1.88 bits per heavy atom. The van der Waals surface area contributed by atoms with Crippen molar-refractivity contribution in [3.63, 3.8) is 0 Å². The molecular formula is C21H26N3O+. The summed E-state index contributed by atoms with van der Waals surface area (Å²) < 4.78 is 7.64. The number of H-pyrrole nitrogens is 1. The molecule has 1 aliphatic carbocycles. The van der Waals surface area contributed by atoms with E-state index in [4.69, 9.17) is 4.74 Å². The molecule has 2 aromatic carbocycles. The van der Waals surface area contributed by atoms with E-state index in [0.29, 0.717) is 6.04 Å². The highest BCUT2D eigenvalue weighted by Crippen LogP contribution is 2.26. The topological polar surface area (TPSA) is 40.9 Å². The first-order valence-corrected chi connectivity index (χ1v) is 9.22. The third-order valence-electron chi connectivity index (χ3n) is 5.26. The number of anilines is 1. The van der Waals surface area contributed by atoms with Crippen LogP contribution in [0.15, 0.2) is 48.8 Å². The Labute approximate surface area is 148 Å². The average molecular weight is 336 g/mol. The number of rotatable bonds is 5. The maximum atomic E-state index is 5.21. The Hall–Kier alpha value is -2.49. The fourth-order valence-corrected chi connectivity index (χ4v) is 3.80. The molecule has 4 heteroatoms. The Morgan fingerprint density at radius 1 is 1.08 bits per heavy atom. The third-order valence-corrected chi connectivity index (χ3v) is 5.26. The van der Waals surface area contributed by atoms with Crippen molar-refractivity contribution in [2.75, 3.05) is 12.4 Å². The smallest absolute Gasteiger partial charge is 0.242 e. The van der Waals surface area contributed by atoms with Crippen molar-refractivity contribution < 1.29 is 9.30 Å². The molecule has 1 aliphatic rings. The van der Waals surface area contributed by atoms with Crippen molar-refractivity contribution in [2.24, 2.45) is 0 Å². The fraction of sp³-hybridized carbons (Fsp3) is 0.381. The minimum absolute atomic E-state index is 0.653. The quantitative estimate of drug-likeness (QED) is 0.670. The summed E-state index contributed by atoms with van der Waals surface area (Å²) in [6.45, 7) is 0.804. The molecular weight excluding hydrogens is 310 g/mol. The van der Waals surface area contributed by atoms with Crippen molar-refractivity contribution in [1.29, 1.82) is 0 Å². The number of aromatic nitrogens is 2. The van der Waals surface area contributed by atoms with Crippen LogP contribution >= 0.6 is 0 Å². The highest BCUT2D eigenvalue weighted by atomic mass is 16.5. The Balaban J connectivity index is 1.47. The van der Waals surface area contributed by atoms with Gasteiger partial charge in [0.25, 0.3) is 0 Å². The predicted octanol–water partition coefficient (Wildman–Crippen LogP) is 4.58. The van der Waals surface area contributed by atoms with Crippen molar-refractivity contribution in [2.45, 2.75) is 44.7 Å². The first-order valence-electron chi connectivity index (χ1n) is 9.22. The van der Waals surface area contributed by atoms with E-state index in [9.17, 15) is 0 Å². The van der Waals surface area contributed by atoms with Crippen LogP contribution < -0.4 is 14.6 Å². The lowest BCUT2D eigenvalue weighted by Crippen LogP contribution is -2.39. The van der Waals surface area contributed by atoms with Crippen LogP contribution in [0.4, 0.5) is 5.69 Å². The SMILES string of the molecule is COc1ccc(CNc2ccc3c(c2)[nH]c[n+]3C2CCCCC2)cc1. The molecule has 1 fully saturated rings. The molecule has 0 aliphatic heterocycles. The van der Waals surface area contributed by atoms with Crippen LogP contribution in [0.25, 0.3) is 11.0 Å². The van der Waals surface area contributed by atoms with E-state index in [2.05, 4.69) is 51.5 Å². The van der Waals surface area contributed by atoms with Crippen LogP contribution in [-0.2, 0) is 6.54 Å². The molecule has 0 saturated heterocycles. The lowest BCUT2D eigenvalue weighted by Gasteiger charge is -2.19. The van der Waals surface area contributed by atoms with E-state index in [1.165, 1.54) is 48.7 Å². The minimum atomic E-state index is 0.653. The second-order valence-corrected chi connectivity index (χ2v) is 6.91. The number of fused-ring (bicyclic) bond motifs is 1. The van der Waals surface area contributed by atoms with Gasteiger partial charge in [0.1, 0.15) is 11.8 Å². The van der Waals surface area contributed by atoms with Crippen molar-refractivity contribution in [3.05, 3.63) is 54.4 Å². The highest BCUT2D eigenvalue weighted by Gasteiger charge is 2.22. The van der Waals surface area contributed by atoms with Gasteiger partial charge in [-0.15, -0.1) is 0 Å². The van der Waals surface area contributed by atoms with Gasteiger partial charge in [-0.3, -0.25) is 0 Å².